The summed E-state index contributed by atoms with van der Waals surface area (Å²) in [6.07, 6.45) is 8.66. The second-order valence-corrected chi connectivity index (χ2v) is 7.49. The molecule has 1 unspecified atom stereocenters. The Bertz CT molecular complexity index is 402. The molecule has 120 valence electrons. The van der Waals surface area contributed by atoms with Crippen molar-refractivity contribution in [2.45, 2.75) is 65.8 Å². The summed E-state index contributed by atoms with van der Waals surface area (Å²) >= 11 is 0. The third kappa shape index (κ3) is 5.14. The van der Waals surface area contributed by atoms with Gasteiger partial charge in [-0.15, -0.1) is 0 Å². The molecule has 0 spiro atoms. The molecule has 0 aliphatic heterocycles. The van der Waals surface area contributed by atoms with Crippen LogP contribution in [0.1, 0.15) is 65.1 Å². The first-order chi connectivity index (χ1) is 10.1. The van der Waals surface area contributed by atoms with Gasteiger partial charge in [-0.1, -0.05) is 40.5 Å². The maximum atomic E-state index is 4.85. The van der Waals surface area contributed by atoms with Crippen molar-refractivity contribution in [2.75, 3.05) is 13.1 Å². The predicted octanol–water partition coefficient (Wildman–Crippen LogP) is 4.06. The van der Waals surface area contributed by atoms with Crippen LogP contribution in [0.5, 0.6) is 0 Å². The third-order valence-electron chi connectivity index (χ3n) is 4.74. The molecule has 0 saturated heterocycles. The Kier molecular flexibility index (Phi) is 6.28. The molecule has 0 aromatic carbocycles. The molecule has 1 N–H and O–H groups in total. The van der Waals surface area contributed by atoms with E-state index < -0.39 is 0 Å². The lowest BCUT2D eigenvalue weighted by atomic mass is 9.91. The van der Waals surface area contributed by atoms with E-state index in [9.17, 15) is 0 Å². The second-order valence-electron chi connectivity index (χ2n) is 7.49. The molecule has 1 heterocycles. The van der Waals surface area contributed by atoms with Crippen LogP contribution in [0.3, 0.4) is 0 Å². The Morgan fingerprint density at radius 1 is 1.19 bits per heavy atom. The zero-order chi connectivity index (χ0) is 15.2. The van der Waals surface area contributed by atoms with Crippen molar-refractivity contribution in [2.24, 2.45) is 17.8 Å². The molecule has 1 aliphatic rings. The lowest BCUT2D eigenvalue weighted by Gasteiger charge is -2.21. The van der Waals surface area contributed by atoms with Crippen LogP contribution >= 0.6 is 0 Å². The third-order valence-corrected chi connectivity index (χ3v) is 4.74. The molecule has 21 heavy (non-hydrogen) atoms. The van der Waals surface area contributed by atoms with Crippen molar-refractivity contribution in [1.82, 2.24) is 15.1 Å². The summed E-state index contributed by atoms with van der Waals surface area (Å²) in [6.45, 7) is 11.4. The Morgan fingerprint density at radius 2 is 1.90 bits per heavy atom. The average molecular weight is 291 g/mol. The van der Waals surface area contributed by atoms with Gasteiger partial charge in [-0.05, 0) is 56.2 Å². The molecule has 1 aromatic heterocycles. The summed E-state index contributed by atoms with van der Waals surface area (Å²) in [5.74, 6) is 2.09. The Labute approximate surface area is 130 Å². The summed E-state index contributed by atoms with van der Waals surface area (Å²) in [6, 6.07) is 2.89. The van der Waals surface area contributed by atoms with Crippen molar-refractivity contribution < 1.29 is 0 Å². The first kappa shape index (κ1) is 16.5. The van der Waals surface area contributed by atoms with Gasteiger partial charge in [0.2, 0.25) is 0 Å². The van der Waals surface area contributed by atoms with Crippen LogP contribution < -0.4 is 5.32 Å². The van der Waals surface area contributed by atoms with Gasteiger partial charge in [-0.25, -0.2) is 0 Å². The van der Waals surface area contributed by atoms with Gasteiger partial charge in [0.15, 0.2) is 0 Å². The normalized spacial score (nSPS) is 18.0. The van der Waals surface area contributed by atoms with Crippen molar-refractivity contribution in [1.29, 1.82) is 0 Å². The first-order valence-electron chi connectivity index (χ1n) is 8.81. The summed E-state index contributed by atoms with van der Waals surface area (Å²) in [5, 5.41) is 8.46. The van der Waals surface area contributed by atoms with Crippen LogP contribution in [0, 0.1) is 17.8 Å². The summed E-state index contributed by atoms with van der Waals surface area (Å²) in [7, 11) is 0. The van der Waals surface area contributed by atoms with Gasteiger partial charge in [-0.2, -0.15) is 5.10 Å². The van der Waals surface area contributed by atoms with E-state index in [1.165, 1.54) is 31.4 Å². The van der Waals surface area contributed by atoms with Crippen LogP contribution in [0.25, 0.3) is 0 Å². The highest BCUT2D eigenvalue weighted by Crippen LogP contribution is 2.29. The zero-order valence-corrected chi connectivity index (χ0v) is 14.3. The quantitative estimate of drug-likeness (QED) is 0.783. The molecule has 3 nitrogen and oxygen atoms in total. The average Bonchev–Trinajstić information content (AvgIpc) is 3.07. The van der Waals surface area contributed by atoms with Gasteiger partial charge in [0.1, 0.15) is 0 Å². The van der Waals surface area contributed by atoms with E-state index in [2.05, 4.69) is 50.0 Å². The fourth-order valence-corrected chi connectivity index (χ4v) is 3.23. The number of nitrogens with one attached hydrogen (secondary N) is 1. The fourth-order valence-electron chi connectivity index (χ4n) is 3.23. The maximum absolute atomic E-state index is 4.85. The summed E-state index contributed by atoms with van der Waals surface area (Å²) in [5.41, 5.74) is 1.27. The van der Waals surface area contributed by atoms with E-state index >= 15 is 0 Å². The molecule has 3 heteroatoms. The highest BCUT2D eigenvalue weighted by atomic mass is 15.3. The number of hydrogen-bond acceptors (Lipinski definition) is 2. The molecule has 0 amide bonds. The Balaban J connectivity index is 1.87. The lowest BCUT2D eigenvalue weighted by Crippen LogP contribution is -2.30. The summed E-state index contributed by atoms with van der Waals surface area (Å²) in [4.78, 5) is 0. The molecular weight excluding hydrogens is 258 g/mol. The van der Waals surface area contributed by atoms with Crippen molar-refractivity contribution in [3.63, 3.8) is 0 Å². The molecule has 1 aromatic rings. The molecule has 1 aliphatic carbocycles. The highest BCUT2D eigenvalue weighted by molar-refractivity contribution is 5.02. The molecule has 1 fully saturated rings. The van der Waals surface area contributed by atoms with Crippen LogP contribution in [-0.4, -0.2) is 22.9 Å². The Morgan fingerprint density at radius 3 is 2.52 bits per heavy atom. The topological polar surface area (TPSA) is 29.9 Å². The maximum Gasteiger partial charge on any atom is 0.0628 e. The largest absolute Gasteiger partial charge is 0.316 e. The lowest BCUT2D eigenvalue weighted by molar-refractivity contribution is 0.347. The minimum atomic E-state index is 0.662. The van der Waals surface area contributed by atoms with Crippen LogP contribution in [0.2, 0.25) is 0 Å². The van der Waals surface area contributed by atoms with Gasteiger partial charge in [-0.3, -0.25) is 4.68 Å². The van der Waals surface area contributed by atoms with E-state index in [1.807, 2.05) is 0 Å². The Hall–Kier alpha value is -0.830. The first-order valence-corrected chi connectivity index (χ1v) is 8.81. The molecular formula is C18H33N3. The van der Waals surface area contributed by atoms with E-state index in [0.717, 1.165) is 25.4 Å². The van der Waals surface area contributed by atoms with Crippen LogP contribution in [0.4, 0.5) is 0 Å². The zero-order valence-electron chi connectivity index (χ0n) is 14.3. The van der Waals surface area contributed by atoms with Gasteiger partial charge < -0.3 is 5.32 Å². The minimum absolute atomic E-state index is 0.662. The standard InChI is InChI=1S/C18H33N3/c1-14(2)12-19-13-16(15(3)4)11-17-9-10-21(20-17)18-7-5-6-8-18/h9-10,14-16,18-19H,5-8,11-13H2,1-4H3. The number of hydrogen-bond donors (Lipinski definition) is 1. The molecule has 2 rings (SSSR count). The van der Waals surface area contributed by atoms with Crippen molar-refractivity contribution >= 4 is 0 Å². The van der Waals surface area contributed by atoms with Crippen molar-refractivity contribution in [3.8, 4) is 0 Å². The van der Waals surface area contributed by atoms with Crippen LogP contribution in [-0.2, 0) is 6.42 Å². The monoisotopic (exact) mass is 291 g/mol. The molecule has 0 radical (unpaired) electrons. The minimum Gasteiger partial charge on any atom is -0.316 e. The van der Waals surface area contributed by atoms with E-state index in [0.29, 0.717) is 17.9 Å². The highest BCUT2D eigenvalue weighted by Gasteiger charge is 2.19. The van der Waals surface area contributed by atoms with Gasteiger partial charge in [0.05, 0.1) is 11.7 Å². The number of aromatic nitrogens is 2. The molecule has 1 saturated carbocycles. The van der Waals surface area contributed by atoms with E-state index in [1.54, 1.807) is 0 Å². The second kappa shape index (κ2) is 7.98. The van der Waals surface area contributed by atoms with Gasteiger partial charge in [0, 0.05) is 6.20 Å². The van der Waals surface area contributed by atoms with Crippen molar-refractivity contribution in [3.05, 3.63) is 18.0 Å². The fraction of sp³-hybridized carbons (Fsp3) is 0.833. The van der Waals surface area contributed by atoms with E-state index in [-0.39, 0.29) is 0 Å². The number of rotatable bonds is 8. The van der Waals surface area contributed by atoms with Crippen LogP contribution in [0.15, 0.2) is 12.3 Å². The molecule has 0 bridgehead atoms. The predicted molar refractivity (Wildman–Crippen MR) is 89.5 cm³/mol. The summed E-state index contributed by atoms with van der Waals surface area (Å²) < 4.78 is 2.22. The molecule has 1 atom stereocenters. The SMILES string of the molecule is CC(C)CNCC(Cc1ccn(C2CCCC2)n1)C(C)C. The number of nitrogens with zero attached hydrogens (tertiary/aromatic N) is 2. The van der Waals surface area contributed by atoms with Gasteiger partial charge in [0.25, 0.3) is 0 Å². The van der Waals surface area contributed by atoms with Gasteiger partial charge >= 0.3 is 0 Å². The van der Waals surface area contributed by atoms with E-state index in [4.69, 9.17) is 5.10 Å². The smallest absolute Gasteiger partial charge is 0.0628 e.